The van der Waals surface area contributed by atoms with Crippen molar-refractivity contribution in [3.05, 3.63) is 12.2 Å². The van der Waals surface area contributed by atoms with Gasteiger partial charge in [-0.05, 0) is 40.0 Å². The third-order valence-electron chi connectivity index (χ3n) is 2.91. The highest BCUT2D eigenvalue weighted by molar-refractivity contribution is 5.67. The summed E-state index contributed by atoms with van der Waals surface area (Å²) in [6, 6.07) is 0.543. The van der Waals surface area contributed by atoms with Crippen molar-refractivity contribution in [2.45, 2.75) is 51.7 Å². The lowest BCUT2D eigenvalue weighted by atomic mass is 10.1. The number of ether oxygens (including phenoxy) is 2. The fourth-order valence-electron chi connectivity index (χ4n) is 1.97. The van der Waals surface area contributed by atoms with E-state index in [4.69, 9.17) is 9.47 Å². The first-order valence-electron chi connectivity index (χ1n) is 7.40. The van der Waals surface area contributed by atoms with Crippen LogP contribution < -0.4 is 10.6 Å². The van der Waals surface area contributed by atoms with Crippen LogP contribution in [0, 0.1) is 0 Å². The summed E-state index contributed by atoms with van der Waals surface area (Å²) in [6.07, 6.45) is 6.96. The largest absolute Gasteiger partial charge is 0.444 e. The molecule has 0 spiro atoms. The number of nitrogens with one attached hydrogen (secondary N) is 2. The highest BCUT2D eigenvalue weighted by atomic mass is 16.6. The zero-order valence-electron chi connectivity index (χ0n) is 12.9. The molecule has 116 valence electrons. The van der Waals surface area contributed by atoms with Crippen LogP contribution in [0.3, 0.4) is 0 Å². The quantitative estimate of drug-likeness (QED) is 0.760. The van der Waals surface area contributed by atoms with E-state index in [0.717, 1.165) is 32.6 Å². The van der Waals surface area contributed by atoms with Gasteiger partial charge in [0.05, 0.1) is 0 Å². The first kappa shape index (κ1) is 17.0. The molecule has 0 aromatic carbocycles. The van der Waals surface area contributed by atoms with E-state index < -0.39 is 5.60 Å². The van der Waals surface area contributed by atoms with Gasteiger partial charge in [-0.25, -0.2) is 4.79 Å². The Balaban J connectivity index is 2.05. The van der Waals surface area contributed by atoms with Crippen LogP contribution in [0.25, 0.3) is 0 Å². The topological polar surface area (TPSA) is 59.6 Å². The molecule has 1 saturated heterocycles. The van der Waals surface area contributed by atoms with Gasteiger partial charge >= 0.3 is 6.09 Å². The molecule has 1 unspecified atom stereocenters. The molecule has 0 aromatic rings. The summed E-state index contributed by atoms with van der Waals surface area (Å²) in [5.74, 6) is 0. The second-order valence-electron chi connectivity index (χ2n) is 6.00. The molecule has 5 nitrogen and oxygen atoms in total. The normalized spacial score (nSPS) is 20.6. The molecule has 5 heteroatoms. The Labute approximate surface area is 122 Å². The van der Waals surface area contributed by atoms with E-state index in [0.29, 0.717) is 12.6 Å². The van der Waals surface area contributed by atoms with E-state index in [1.807, 2.05) is 32.9 Å². The molecule has 1 aliphatic rings. The Morgan fingerprint density at radius 1 is 1.25 bits per heavy atom. The smallest absolute Gasteiger partial charge is 0.407 e. The van der Waals surface area contributed by atoms with Crippen molar-refractivity contribution in [2.75, 3.05) is 26.3 Å². The van der Waals surface area contributed by atoms with E-state index in [1.165, 1.54) is 6.42 Å². The molecule has 1 fully saturated rings. The zero-order valence-corrected chi connectivity index (χ0v) is 12.9. The predicted molar refractivity (Wildman–Crippen MR) is 79.8 cm³/mol. The maximum absolute atomic E-state index is 11.4. The molecule has 1 heterocycles. The molecule has 0 bridgehead atoms. The average Bonchev–Trinajstić information content (AvgIpc) is 2.60. The number of rotatable bonds is 5. The molecule has 0 aliphatic carbocycles. The van der Waals surface area contributed by atoms with E-state index in [9.17, 15) is 4.79 Å². The molecule has 0 aromatic heterocycles. The van der Waals surface area contributed by atoms with Gasteiger partial charge in [-0.1, -0.05) is 12.2 Å². The van der Waals surface area contributed by atoms with Crippen LogP contribution in [-0.4, -0.2) is 44.0 Å². The van der Waals surface area contributed by atoms with Gasteiger partial charge in [-0.15, -0.1) is 0 Å². The standard InChI is InChI=1S/C15H28N2O3/c1-15(2,3)20-14(18)17-10-5-4-9-16-13-7-6-11-19-12-8-13/h4-5,13,16H,6-12H2,1-3H3,(H,17,18)/b5-4+. The van der Waals surface area contributed by atoms with E-state index in [2.05, 4.69) is 10.6 Å². The maximum atomic E-state index is 11.4. The second kappa shape index (κ2) is 8.97. The third kappa shape index (κ3) is 8.93. The van der Waals surface area contributed by atoms with Crippen molar-refractivity contribution in [1.82, 2.24) is 10.6 Å². The minimum absolute atomic E-state index is 0.379. The van der Waals surface area contributed by atoms with Gasteiger partial charge in [0, 0.05) is 32.3 Å². The summed E-state index contributed by atoms with van der Waals surface area (Å²) < 4.78 is 10.6. The molecule has 1 rings (SSSR count). The number of carbonyl (C=O) groups is 1. The second-order valence-corrected chi connectivity index (χ2v) is 6.00. The molecule has 1 amide bonds. The lowest BCUT2D eigenvalue weighted by Gasteiger charge is -2.19. The van der Waals surface area contributed by atoms with Crippen molar-refractivity contribution in [3.63, 3.8) is 0 Å². The van der Waals surface area contributed by atoms with E-state index >= 15 is 0 Å². The van der Waals surface area contributed by atoms with Crippen LogP contribution >= 0.6 is 0 Å². The maximum Gasteiger partial charge on any atom is 0.407 e. The van der Waals surface area contributed by atoms with Crippen LogP contribution in [0.2, 0.25) is 0 Å². The van der Waals surface area contributed by atoms with Crippen molar-refractivity contribution >= 4 is 6.09 Å². The SMILES string of the molecule is CC(C)(C)OC(=O)NC/C=C/CNC1CCCOCC1. The van der Waals surface area contributed by atoms with Gasteiger partial charge in [0.2, 0.25) is 0 Å². The van der Waals surface area contributed by atoms with E-state index in [-0.39, 0.29) is 6.09 Å². The van der Waals surface area contributed by atoms with Crippen LogP contribution in [0.1, 0.15) is 40.0 Å². The Morgan fingerprint density at radius 2 is 2.00 bits per heavy atom. The molecule has 1 aliphatic heterocycles. The summed E-state index contributed by atoms with van der Waals surface area (Å²) in [7, 11) is 0. The minimum Gasteiger partial charge on any atom is -0.444 e. The lowest BCUT2D eigenvalue weighted by Crippen LogP contribution is -2.32. The fraction of sp³-hybridized carbons (Fsp3) is 0.800. The number of alkyl carbamates (subject to hydrolysis) is 1. The molecular formula is C15H28N2O3. The minimum atomic E-state index is -0.448. The predicted octanol–water partition coefficient (Wildman–Crippen LogP) is 2.23. The first-order chi connectivity index (χ1) is 9.47. The van der Waals surface area contributed by atoms with Crippen molar-refractivity contribution < 1.29 is 14.3 Å². The van der Waals surface area contributed by atoms with Crippen molar-refractivity contribution in [2.24, 2.45) is 0 Å². The van der Waals surface area contributed by atoms with Crippen LogP contribution in [0.4, 0.5) is 4.79 Å². The van der Waals surface area contributed by atoms with Crippen molar-refractivity contribution in [3.8, 4) is 0 Å². The summed E-state index contributed by atoms with van der Waals surface area (Å²) >= 11 is 0. The Bertz CT molecular complexity index is 303. The molecule has 0 saturated carbocycles. The molecule has 2 N–H and O–H groups in total. The molecule has 0 radical (unpaired) electrons. The van der Waals surface area contributed by atoms with Gasteiger partial charge in [-0.2, -0.15) is 0 Å². The number of hydrogen-bond acceptors (Lipinski definition) is 4. The number of hydrogen-bond donors (Lipinski definition) is 2. The highest BCUT2D eigenvalue weighted by Gasteiger charge is 2.15. The van der Waals surface area contributed by atoms with Crippen molar-refractivity contribution in [1.29, 1.82) is 0 Å². The van der Waals surface area contributed by atoms with Crippen LogP contribution in [-0.2, 0) is 9.47 Å². The monoisotopic (exact) mass is 284 g/mol. The van der Waals surface area contributed by atoms with Gasteiger partial charge in [0.15, 0.2) is 0 Å². The average molecular weight is 284 g/mol. The van der Waals surface area contributed by atoms with Gasteiger partial charge in [0.1, 0.15) is 5.60 Å². The first-order valence-corrected chi connectivity index (χ1v) is 7.40. The summed E-state index contributed by atoms with van der Waals surface area (Å²) in [5, 5.41) is 6.17. The molecular weight excluding hydrogens is 256 g/mol. The van der Waals surface area contributed by atoms with E-state index in [1.54, 1.807) is 0 Å². The highest BCUT2D eigenvalue weighted by Crippen LogP contribution is 2.07. The van der Waals surface area contributed by atoms with Crippen LogP contribution in [0.5, 0.6) is 0 Å². The zero-order chi connectivity index (χ0) is 14.8. The fourth-order valence-corrected chi connectivity index (χ4v) is 1.97. The number of carbonyl (C=O) groups excluding carboxylic acids is 1. The third-order valence-corrected chi connectivity index (χ3v) is 2.91. The van der Waals surface area contributed by atoms with Gasteiger partial charge in [0.25, 0.3) is 0 Å². The van der Waals surface area contributed by atoms with Gasteiger partial charge in [-0.3, -0.25) is 0 Å². The summed E-state index contributed by atoms with van der Waals surface area (Å²) in [6.45, 7) is 8.59. The van der Waals surface area contributed by atoms with Crippen LogP contribution in [0.15, 0.2) is 12.2 Å². The van der Waals surface area contributed by atoms with Gasteiger partial charge < -0.3 is 20.1 Å². The number of amides is 1. The molecule has 1 atom stereocenters. The summed E-state index contributed by atoms with van der Waals surface area (Å²) in [4.78, 5) is 11.4. The Morgan fingerprint density at radius 3 is 2.75 bits per heavy atom. The Kier molecular flexibility index (Phi) is 7.62. The lowest BCUT2D eigenvalue weighted by molar-refractivity contribution is 0.0534. The Hall–Kier alpha value is -1.07. The summed E-state index contributed by atoms with van der Waals surface area (Å²) in [5.41, 5.74) is -0.448. The molecule has 20 heavy (non-hydrogen) atoms.